The smallest absolute Gasteiger partial charge is 0.872 e. The summed E-state index contributed by atoms with van der Waals surface area (Å²) in [7, 11) is 0. The average molecular weight is 523 g/mol. The quantitative estimate of drug-likeness (QED) is 0.432. The van der Waals surface area contributed by atoms with Gasteiger partial charge >= 0.3 is 37.7 Å². The minimum atomic E-state index is -1.06. The molecule has 0 radical (unpaired) electrons. The first kappa shape index (κ1) is 30.1. The molecule has 0 saturated carbocycles. The zero-order valence-electron chi connectivity index (χ0n) is 18.6. The predicted molar refractivity (Wildman–Crippen MR) is 119 cm³/mol. The van der Waals surface area contributed by atoms with Gasteiger partial charge < -0.3 is 30.6 Å². The molecule has 3 rings (SSSR count). The molecule has 9 nitrogen and oxygen atoms in total. The number of hydrogen-bond acceptors (Lipinski definition) is 6. The number of benzene rings is 3. The summed E-state index contributed by atoms with van der Waals surface area (Å²) >= 11 is 0. The van der Waals surface area contributed by atoms with Gasteiger partial charge in [0.2, 0.25) is 0 Å². The van der Waals surface area contributed by atoms with Gasteiger partial charge in [0.1, 0.15) is 0 Å². The van der Waals surface area contributed by atoms with Gasteiger partial charge in [-0.05, 0) is 55.7 Å². The van der Waals surface area contributed by atoms with E-state index in [-0.39, 0.29) is 53.7 Å². The van der Waals surface area contributed by atoms with Gasteiger partial charge in [0.15, 0.2) is 0 Å². The normalized spacial score (nSPS) is 9.26. The largest absolute Gasteiger partial charge is 3.00 e. The molecule has 0 aliphatic carbocycles. The maximum Gasteiger partial charge on any atom is 3.00 e. The first-order valence-electron chi connectivity index (χ1n) is 9.38. The Morgan fingerprint density at radius 1 is 0.529 bits per heavy atom. The van der Waals surface area contributed by atoms with Crippen molar-refractivity contribution >= 4 is 37.7 Å². The maximum absolute atomic E-state index is 10.9. The second kappa shape index (κ2) is 13.6. The number of hydrogen-bond donors (Lipinski definition) is 3. The van der Waals surface area contributed by atoms with Gasteiger partial charge in [-0.15, -0.1) is 17.2 Å². The molecule has 0 aliphatic heterocycles. The van der Waals surface area contributed by atoms with E-state index in [1.165, 1.54) is 75.4 Å². The minimum absolute atomic E-state index is 0. The van der Waals surface area contributed by atoms with Gasteiger partial charge in [-0.2, -0.15) is 0 Å². The Balaban J connectivity index is 0.000000473. The van der Waals surface area contributed by atoms with Gasteiger partial charge in [-0.25, -0.2) is 14.4 Å². The average Bonchev–Trinajstić information content (AvgIpc) is 2.74. The van der Waals surface area contributed by atoms with Crippen molar-refractivity contribution in [2.75, 3.05) is 0 Å². The van der Waals surface area contributed by atoms with E-state index in [9.17, 15) is 29.7 Å². The van der Waals surface area contributed by atoms with Crippen LogP contribution in [0.4, 0.5) is 0 Å². The van der Waals surface area contributed by atoms with Crippen molar-refractivity contribution in [3.05, 3.63) is 88.0 Å². The molecular weight excluding hydrogens is 502 g/mol. The standard InChI is InChI=1S/3C8H8O3.Ga/c3*1-5-6(8(10)11)3-2-4-7(5)9;/h3*2-4,9H,1H3,(H,10,11);/q;;;+3/p-3. The van der Waals surface area contributed by atoms with Crippen molar-refractivity contribution in [1.29, 1.82) is 0 Å². The molecule has 3 aromatic carbocycles. The number of carboxylic acids is 3. The van der Waals surface area contributed by atoms with Gasteiger partial charge in [0.05, 0.1) is 16.7 Å². The fourth-order valence-corrected chi connectivity index (χ4v) is 2.54. The zero-order valence-corrected chi connectivity index (χ0v) is 21.0. The summed E-state index contributed by atoms with van der Waals surface area (Å²) in [5.74, 6) is -3.86. The molecule has 0 aliphatic rings. The molecule has 174 valence electrons. The van der Waals surface area contributed by atoms with Crippen LogP contribution in [-0.2, 0) is 0 Å². The van der Waals surface area contributed by atoms with Crippen LogP contribution in [0.1, 0.15) is 47.8 Å². The molecule has 0 amide bonds. The van der Waals surface area contributed by atoms with E-state index >= 15 is 0 Å². The Bertz CT molecular complexity index is 1030. The molecule has 3 N–H and O–H groups in total. The van der Waals surface area contributed by atoms with Crippen LogP contribution in [0.15, 0.2) is 54.6 Å². The number of aromatic carboxylic acids is 3. The molecule has 34 heavy (non-hydrogen) atoms. The molecule has 0 fully saturated rings. The summed E-state index contributed by atoms with van der Waals surface area (Å²) in [6, 6.07) is 12.6. The molecule has 10 heteroatoms. The molecule has 3 aromatic rings. The van der Waals surface area contributed by atoms with E-state index in [0.29, 0.717) is 16.7 Å². The summed E-state index contributed by atoms with van der Waals surface area (Å²) < 4.78 is 0. The zero-order chi connectivity index (χ0) is 25.3. The second-order valence-electron chi connectivity index (χ2n) is 6.70. The van der Waals surface area contributed by atoms with Crippen molar-refractivity contribution in [3.8, 4) is 17.2 Å². The van der Waals surface area contributed by atoms with E-state index in [1.54, 1.807) is 0 Å². The molecular formula is C24H21GaO9. The Kier molecular flexibility index (Phi) is 12.0. The third kappa shape index (κ3) is 8.23. The summed E-state index contributed by atoms with van der Waals surface area (Å²) in [6.07, 6.45) is 0. The molecule has 0 unspecified atom stereocenters. The van der Waals surface area contributed by atoms with Crippen LogP contribution in [-0.4, -0.2) is 53.0 Å². The van der Waals surface area contributed by atoms with E-state index in [2.05, 4.69) is 0 Å². The SMILES string of the molecule is Cc1c([O-])cccc1C(=O)O.Cc1c([O-])cccc1C(=O)O.Cc1c([O-])cccc1C(=O)O.[Ga+3]. The van der Waals surface area contributed by atoms with Crippen LogP contribution in [0.5, 0.6) is 17.2 Å². The Morgan fingerprint density at radius 2 is 0.735 bits per heavy atom. The number of carboxylic acid groups (broad SMARTS) is 3. The van der Waals surface area contributed by atoms with Crippen molar-refractivity contribution in [1.82, 2.24) is 0 Å². The summed E-state index contributed by atoms with van der Waals surface area (Å²) in [6.45, 7) is 4.52. The van der Waals surface area contributed by atoms with Crippen LogP contribution in [0, 0.1) is 20.8 Å². The van der Waals surface area contributed by atoms with Crippen molar-refractivity contribution in [2.24, 2.45) is 0 Å². The topological polar surface area (TPSA) is 181 Å². The molecule has 0 bridgehead atoms. The second-order valence-corrected chi connectivity index (χ2v) is 6.70. The van der Waals surface area contributed by atoms with Gasteiger partial charge in [0.25, 0.3) is 0 Å². The monoisotopic (exact) mass is 522 g/mol. The van der Waals surface area contributed by atoms with Gasteiger partial charge in [-0.1, -0.05) is 36.4 Å². The van der Waals surface area contributed by atoms with Gasteiger partial charge in [-0.3, -0.25) is 0 Å². The molecule has 0 spiro atoms. The summed E-state index contributed by atoms with van der Waals surface area (Å²) in [5, 5.41) is 58.3. The Hall–Kier alpha value is -3.89. The predicted octanol–water partition coefficient (Wildman–Crippen LogP) is 1.92. The first-order chi connectivity index (χ1) is 15.4. The van der Waals surface area contributed by atoms with Crippen molar-refractivity contribution in [3.63, 3.8) is 0 Å². The fourth-order valence-electron chi connectivity index (χ4n) is 2.54. The van der Waals surface area contributed by atoms with Crippen LogP contribution in [0.2, 0.25) is 0 Å². The van der Waals surface area contributed by atoms with E-state index < -0.39 is 17.9 Å². The Labute approximate surface area is 208 Å². The fraction of sp³-hybridized carbons (Fsp3) is 0.125. The summed E-state index contributed by atoms with van der Waals surface area (Å²) in [4.78, 5) is 31.3. The third-order valence-corrected chi connectivity index (χ3v) is 4.54. The van der Waals surface area contributed by atoms with Crippen LogP contribution >= 0.6 is 0 Å². The van der Waals surface area contributed by atoms with Crippen LogP contribution in [0.3, 0.4) is 0 Å². The van der Waals surface area contributed by atoms with Crippen LogP contribution in [0.25, 0.3) is 0 Å². The van der Waals surface area contributed by atoms with Crippen molar-refractivity contribution in [2.45, 2.75) is 20.8 Å². The Morgan fingerprint density at radius 3 is 0.882 bits per heavy atom. The molecule has 0 heterocycles. The third-order valence-electron chi connectivity index (χ3n) is 4.54. The van der Waals surface area contributed by atoms with E-state index in [4.69, 9.17) is 15.3 Å². The minimum Gasteiger partial charge on any atom is -0.872 e. The van der Waals surface area contributed by atoms with E-state index in [0.717, 1.165) is 0 Å². The molecule has 0 saturated heterocycles. The van der Waals surface area contributed by atoms with Gasteiger partial charge in [0, 0.05) is 0 Å². The number of rotatable bonds is 3. The summed E-state index contributed by atoms with van der Waals surface area (Å²) in [5.41, 5.74) is 1.12. The van der Waals surface area contributed by atoms with Crippen LogP contribution < -0.4 is 15.3 Å². The van der Waals surface area contributed by atoms with Crippen molar-refractivity contribution < 1.29 is 45.0 Å². The number of carbonyl (C=O) groups is 3. The molecule has 0 aromatic heterocycles. The first-order valence-corrected chi connectivity index (χ1v) is 9.38. The molecule has 0 atom stereocenters. The van der Waals surface area contributed by atoms with E-state index in [1.807, 2.05) is 0 Å². The maximum atomic E-state index is 10.9.